The fraction of sp³-hybridized carbons (Fsp3) is 0.526. The van der Waals surface area contributed by atoms with Crippen molar-refractivity contribution in [1.29, 1.82) is 0 Å². The van der Waals surface area contributed by atoms with Gasteiger partial charge in [-0.1, -0.05) is 23.3 Å². The average Bonchev–Trinajstić information content (AvgIpc) is 2.47. The minimum Gasteiger partial charge on any atom is -0.461 e. The van der Waals surface area contributed by atoms with Crippen molar-refractivity contribution in [3.05, 3.63) is 34.9 Å². The summed E-state index contributed by atoms with van der Waals surface area (Å²) in [7, 11) is 0. The van der Waals surface area contributed by atoms with Gasteiger partial charge in [0.2, 0.25) is 0 Å². The minimum atomic E-state index is -0.620. The fourth-order valence-electron chi connectivity index (χ4n) is 2.00. The Morgan fingerprint density at radius 2 is 1.67 bits per heavy atom. The number of ether oxygens (including phenoxy) is 2. The van der Waals surface area contributed by atoms with E-state index in [0.717, 1.165) is 12.8 Å². The first-order valence-electron chi connectivity index (χ1n) is 8.00. The minimum absolute atomic E-state index is 0.0727. The SMILES string of the molecule is CC(=O)OC/C(=C\C=O)C(C/C=C(\C)CCC=C(C)C)OC(C)=O. The molecule has 5 nitrogen and oxygen atoms in total. The normalized spacial score (nSPS) is 13.0. The number of rotatable bonds is 10. The maximum atomic E-state index is 11.3. The monoisotopic (exact) mass is 336 g/mol. The summed E-state index contributed by atoms with van der Waals surface area (Å²) in [6.45, 7) is 8.65. The molecular weight excluding hydrogens is 308 g/mol. The van der Waals surface area contributed by atoms with Crippen LogP contribution in [0.4, 0.5) is 0 Å². The Balaban J connectivity index is 4.98. The van der Waals surface area contributed by atoms with E-state index in [4.69, 9.17) is 9.47 Å². The number of aldehydes is 1. The molecule has 0 N–H and O–H groups in total. The zero-order valence-corrected chi connectivity index (χ0v) is 15.3. The first-order valence-corrected chi connectivity index (χ1v) is 8.00. The number of esters is 2. The van der Waals surface area contributed by atoms with Crippen LogP contribution in [0.3, 0.4) is 0 Å². The van der Waals surface area contributed by atoms with Gasteiger partial charge in [-0.15, -0.1) is 0 Å². The average molecular weight is 336 g/mol. The van der Waals surface area contributed by atoms with Crippen molar-refractivity contribution >= 4 is 18.2 Å². The largest absolute Gasteiger partial charge is 0.461 e. The maximum Gasteiger partial charge on any atom is 0.303 e. The summed E-state index contributed by atoms with van der Waals surface area (Å²) in [6, 6.07) is 0. The van der Waals surface area contributed by atoms with E-state index < -0.39 is 18.0 Å². The number of hydrogen-bond acceptors (Lipinski definition) is 5. The molecule has 24 heavy (non-hydrogen) atoms. The van der Waals surface area contributed by atoms with Crippen molar-refractivity contribution in [1.82, 2.24) is 0 Å². The van der Waals surface area contributed by atoms with Gasteiger partial charge < -0.3 is 9.47 Å². The van der Waals surface area contributed by atoms with Crippen LogP contribution in [0.5, 0.6) is 0 Å². The molecule has 0 aliphatic heterocycles. The zero-order valence-electron chi connectivity index (χ0n) is 15.3. The lowest BCUT2D eigenvalue weighted by molar-refractivity contribution is -0.145. The van der Waals surface area contributed by atoms with E-state index in [0.29, 0.717) is 18.3 Å². The van der Waals surface area contributed by atoms with Crippen LogP contribution in [0.2, 0.25) is 0 Å². The van der Waals surface area contributed by atoms with Gasteiger partial charge in [0, 0.05) is 25.8 Å². The van der Waals surface area contributed by atoms with Crippen molar-refractivity contribution in [2.24, 2.45) is 0 Å². The summed E-state index contributed by atoms with van der Waals surface area (Å²) >= 11 is 0. The Morgan fingerprint density at radius 1 is 1.00 bits per heavy atom. The standard InChI is InChI=1S/C19H28O5/c1-14(2)7-6-8-15(3)9-10-19(24-17(5)22)18(11-12-20)13-23-16(4)21/h7,9,11-12,19H,6,8,10,13H2,1-5H3/b15-9+,18-11+. The van der Waals surface area contributed by atoms with Crippen LogP contribution in [-0.4, -0.2) is 30.9 Å². The number of carbonyl (C=O) groups is 3. The van der Waals surface area contributed by atoms with Gasteiger partial charge in [0.1, 0.15) is 19.0 Å². The molecule has 0 saturated carbocycles. The van der Waals surface area contributed by atoms with Crippen LogP contribution in [-0.2, 0) is 23.9 Å². The molecule has 0 rings (SSSR count). The maximum absolute atomic E-state index is 11.3. The molecule has 0 aliphatic rings. The van der Waals surface area contributed by atoms with Gasteiger partial charge in [0.15, 0.2) is 0 Å². The van der Waals surface area contributed by atoms with Crippen LogP contribution in [0.15, 0.2) is 34.9 Å². The Labute approximate surface area is 144 Å². The van der Waals surface area contributed by atoms with Crippen LogP contribution >= 0.6 is 0 Å². The summed E-state index contributed by atoms with van der Waals surface area (Å²) in [4.78, 5) is 33.1. The molecule has 5 heteroatoms. The van der Waals surface area contributed by atoms with Crippen molar-refractivity contribution < 1.29 is 23.9 Å². The van der Waals surface area contributed by atoms with Gasteiger partial charge in [-0.05, 0) is 39.7 Å². The predicted octanol–water partition coefficient (Wildman–Crippen LogP) is 3.69. The second-order valence-corrected chi connectivity index (χ2v) is 5.86. The molecule has 0 amide bonds. The molecule has 0 fully saturated rings. The van der Waals surface area contributed by atoms with Gasteiger partial charge in [-0.2, -0.15) is 0 Å². The fourth-order valence-corrected chi connectivity index (χ4v) is 2.00. The van der Waals surface area contributed by atoms with Gasteiger partial charge in [-0.25, -0.2) is 0 Å². The first-order chi connectivity index (χ1) is 11.3. The van der Waals surface area contributed by atoms with E-state index in [1.807, 2.05) is 13.0 Å². The summed E-state index contributed by atoms with van der Waals surface area (Å²) < 4.78 is 10.2. The van der Waals surface area contributed by atoms with Crippen LogP contribution < -0.4 is 0 Å². The number of hydrogen-bond donors (Lipinski definition) is 0. The van der Waals surface area contributed by atoms with Crippen LogP contribution in [0.1, 0.15) is 53.9 Å². The van der Waals surface area contributed by atoms with Gasteiger partial charge >= 0.3 is 11.9 Å². The van der Waals surface area contributed by atoms with Crippen molar-refractivity contribution in [2.45, 2.75) is 60.0 Å². The Hall–Kier alpha value is -2.17. The molecule has 1 unspecified atom stereocenters. The molecule has 0 aromatic carbocycles. The Morgan fingerprint density at radius 3 is 2.17 bits per heavy atom. The molecular formula is C19H28O5. The van der Waals surface area contributed by atoms with E-state index in [1.54, 1.807) is 0 Å². The van der Waals surface area contributed by atoms with E-state index in [2.05, 4.69) is 19.9 Å². The second-order valence-electron chi connectivity index (χ2n) is 5.86. The molecule has 134 valence electrons. The summed E-state index contributed by atoms with van der Waals surface area (Å²) in [6.07, 6.45) is 7.70. The third-order valence-electron chi connectivity index (χ3n) is 3.22. The topological polar surface area (TPSA) is 69.7 Å². The van der Waals surface area contributed by atoms with Gasteiger partial charge in [-0.3, -0.25) is 14.4 Å². The first kappa shape index (κ1) is 21.8. The van der Waals surface area contributed by atoms with Crippen LogP contribution in [0, 0.1) is 0 Å². The molecule has 0 heterocycles. The number of allylic oxidation sites excluding steroid dienone is 4. The number of carbonyl (C=O) groups excluding carboxylic acids is 3. The van der Waals surface area contributed by atoms with E-state index in [1.165, 1.54) is 31.1 Å². The van der Waals surface area contributed by atoms with E-state index in [9.17, 15) is 14.4 Å². The molecule has 0 bridgehead atoms. The molecule has 0 aromatic rings. The lowest BCUT2D eigenvalue weighted by Crippen LogP contribution is -2.22. The van der Waals surface area contributed by atoms with Gasteiger partial charge in [0.25, 0.3) is 0 Å². The highest BCUT2D eigenvalue weighted by Gasteiger charge is 2.17. The molecule has 0 saturated heterocycles. The highest BCUT2D eigenvalue weighted by Crippen LogP contribution is 2.16. The smallest absolute Gasteiger partial charge is 0.303 e. The van der Waals surface area contributed by atoms with Gasteiger partial charge in [0.05, 0.1) is 0 Å². The van der Waals surface area contributed by atoms with Crippen molar-refractivity contribution in [2.75, 3.05) is 6.61 Å². The molecule has 0 radical (unpaired) electrons. The third kappa shape index (κ3) is 11.4. The third-order valence-corrected chi connectivity index (χ3v) is 3.22. The summed E-state index contributed by atoms with van der Waals surface area (Å²) in [5, 5.41) is 0. The molecule has 0 aliphatic carbocycles. The zero-order chi connectivity index (χ0) is 18.5. The highest BCUT2D eigenvalue weighted by molar-refractivity contribution is 5.69. The lowest BCUT2D eigenvalue weighted by Gasteiger charge is -2.19. The Bertz CT molecular complexity index is 522. The highest BCUT2D eigenvalue weighted by atomic mass is 16.6. The van der Waals surface area contributed by atoms with E-state index >= 15 is 0 Å². The lowest BCUT2D eigenvalue weighted by atomic mass is 10.0. The summed E-state index contributed by atoms with van der Waals surface area (Å²) in [5.74, 6) is -0.906. The van der Waals surface area contributed by atoms with Crippen molar-refractivity contribution in [3.63, 3.8) is 0 Å². The second kappa shape index (κ2) is 12.3. The Kier molecular flexibility index (Phi) is 11.2. The summed E-state index contributed by atoms with van der Waals surface area (Å²) in [5.41, 5.74) is 2.91. The molecule has 0 spiro atoms. The quantitative estimate of drug-likeness (QED) is 0.263. The van der Waals surface area contributed by atoms with E-state index in [-0.39, 0.29) is 6.61 Å². The predicted molar refractivity (Wildman–Crippen MR) is 93.4 cm³/mol. The molecule has 1 atom stereocenters. The van der Waals surface area contributed by atoms with Crippen molar-refractivity contribution in [3.8, 4) is 0 Å². The van der Waals surface area contributed by atoms with Crippen LogP contribution in [0.25, 0.3) is 0 Å². The molecule has 0 aromatic heterocycles.